The van der Waals surface area contributed by atoms with Gasteiger partial charge in [0, 0.05) is 18.7 Å². The lowest BCUT2D eigenvalue weighted by atomic mass is 10.1. The normalized spacial score (nSPS) is 24.7. The van der Waals surface area contributed by atoms with E-state index in [0.29, 0.717) is 5.92 Å². The minimum atomic E-state index is -0.143. The van der Waals surface area contributed by atoms with Gasteiger partial charge in [0.2, 0.25) is 0 Å². The van der Waals surface area contributed by atoms with Gasteiger partial charge < -0.3 is 10.4 Å². The highest BCUT2D eigenvalue weighted by molar-refractivity contribution is 9.10. The number of aliphatic hydroxyl groups is 1. The molecule has 0 spiro atoms. The minimum absolute atomic E-state index is 0.143. The Bertz CT molecular complexity index is 370. The molecule has 1 aromatic rings. The summed E-state index contributed by atoms with van der Waals surface area (Å²) in [4.78, 5) is 4.29. The Kier molecular flexibility index (Phi) is 3.82. The van der Waals surface area contributed by atoms with Crippen molar-refractivity contribution in [1.29, 1.82) is 0 Å². The standard InChI is InChI=1S/C12H17BrN2O/c1-8-5-6-14-12(11(8)13)15-7-9-3-2-4-10(9)16/h5-6,9-10,16H,2-4,7H2,1H3,(H,14,15). The number of anilines is 1. The van der Waals surface area contributed by atoms with Crippen molar-refractivity contribution in [3.8, 4) is 0 Å². The summed E-state index contributed by atoms with van der Waals surface area (Å²) in [5, 5.41) is 13.0. The number of halogens is 1. The van der Waals surface area contributed by atoms with Crippen LogP contribution in [0.4, 0.5) is 5.82 Å². The summed E-state index contributed by atoms with van der Waals surface area (Å²) in [6, 6.07) is 1.97. The van der Waals surface area contributed by atoms with Gasteiger partial charge in [0.25, 0.3) is 0 Å². The van der Waals surface area contributed by atoms with Gasteiger partial charge >= 0.3 is 0 Å². The monoisotopic (exact) mass is 284 g/mol. The highest BCUT2D eigenvalue weighted by atomic mass is 79.9. The average molecular weight is 285 g/mol. The minimum Gasteiger partial charge on any atom is -0.393 e. The van der Waals surface area contributed by atoms with Gasteiger partial charge in [0.15, 0.2) is 0 Å². The number of nitrogens with one attached hydrogen (secondary N) is 1. The third kappa shape index (κ3) is 2.55. The Morgan fingerprint density at radius 3 is 3.06 bits per heavy atom. The second kappa shape index (κ2) is 5.15. The highest BCUT2D eigenvalue weighted by Crippen LogP contribution is 2.27. The molecule has 88 valence electrons. The number of aromatic nitrogens is 1. The molecule has 16 heavy (non-hydrogen) atoms. The van der Waals surface area contributed by atoms with Crippen LogP contribution in [-0.4, -0.2) is 22.7 Å². The van der Waals surface area contributed by atoms with Crippen molar-refractivity contribution in [3.63, 3.8) is 0 Å². The lowest BCUT2D eigenvalue weighted by molar-refractivity contribution is 0.138. The fourth-order valence-electron chi connectivity index (χ4n) is 2.15. The molecule has 0 amide bonds. The fourth-order valence-corrected chi connectivity index (χ4v) is 2.52. The van der Waals surface area contributed by atoms with Crippen LogP contribution < -0.4 is 5.32 Å². The van der Waals surface area contributed by atoms with E-state index in [1.54, 1.807) is 6.20 Å². The van der Waals surface area contributed by atoms with E-state index in [4.69, 9.17) is 0 Å². The first-order valence-corrected chi connectivity index (χ1v) is 6.51. The van der Waals surface area contributed by atoms with Gasteiger partial charge in [-0.2, -0.15) is 0 Å². The van der Waals surface area contributed by atoms with Crippen molar-refractivity contribution < 1.29 is 5.11 Å². The molecule has 2 unspecified atom stereocenters. The van der Waals surface area contributed by atoms with Crippen molar-refractivity contribution in [2.24, 2.45) is 5.92 Å². The van der Waals surface area contributed by atoms with Crippen molar-refractivity contribution >= 4 is 21.7 Å². The largest absolute Gasteiger partial charge is 0.393 e. The summed E-state index contributed by atoms with van der Waals surface area (Å²) in [5.41, 5.74) is 1.17. The number of hydrogen-bond donors (Lipinski definition) is 2. The molecule has 0 aliphatic heterocycles. The lowest BCUT2D eigenvalue weighted by Crippen LogP contribution is -2.22. The Labute approximate surface area is 104 Å². The van der Waals surface area contributed by atoms with Crippen LogP contribution in [-0.2, 0) is 0 Å². The van der Waals surface area contributed by atoms with E-state index in [1.165, 1.54) is 5.56 Å². The Hall–Kier alpha value is -0.610. The first kappa shape index (κ1) is 11.9. The Morgan fingerprint density at radius 1 is 1.56 bits per heavy atom. The van der Waals surface area contributed by atoms with Gasteiger partial charge in [-0.05, 0) is 47.3 Å². The highest BCUT2D eigenvalue weighted by Gasteiger charge is 2.24. The molecule has 1 aromatic heterocycles. The van der Waals surface area contributed by atoms with Crippen LogP contribution in [0.1, 0.15) is 24.8 Å². The molecule has 1 heterocycles. The maximum absolute atomic E-state index is 9.72. The van der Waals surface area contributed by atoms with Gasteiger partial charge in [-0.1, -0.05) is 6.42 Å². The molecule has 4 heteroatoms. The molecule has 2 rings (SSSR count). The van der Waals surface area contributed by atoms with Crippen molar-refractivity contribution in [2.45, 2.75) is 32.3 Å². The van der Waals surface area contributed by atoms with Crippen LogP contribution in [0.25, 0.3) is 0 Å². The molecule has 1 fully saturated rings. The molecule has 2 N–H and O–H groups in total. The van der Waals surface area contributed by atoms with Crippen molar-refractivity contribution in [3.05, 3.63) is 22.3 Å². The van der Waals surface area contributed by atoms with Crippen molar-refractivity contribution in [2.75, 3.05) is 11.9 Å². The topological polar surface area (TPSA) is 45.2 Å². The molecular formula is C12H17BrN2O. The number of hydrogen-bond acceptors (Lipinski definition) is 3. The Morgan fingerprint density at radius 2 is 2.38 bits per heavy atom. The zero-order valence-corrected chi connectivity index (χ0v) is 11.0. The molecule has 0 saturated heterocycles. The van der Waals surface area contributed by atoms with E-state index in [2.05, 4.69) is 26.2 Å². The van der Waals surface area contributed by atoms with Crippen LogP contribution in [0.15, 0.2) is 16.7 Å². The van der Waals surface area contributed by atoms with E-state index < -0.39 is 0 Å². The summed E-state index contributed by atoms with van der Waals surface area (Å²) in [6.45, 7) is 2.84. The molecule has 3 nitrogen and oxygen atoms in total. The molecule has 0 aromatic carbocycles. The molecule has 1 aliphatic carbocycles. The summed E-state index contributed by atoms with van der Waals surface area (Å²) < 4.78 is 1.02. The second-order valence-electron chi connectivity index (χ2n) is 4.43. The zero-order chi connectivity index (χ0) is 11.5. The number of aryl methyl sites for hydroxylation is 1. The molecule has 2 atom stereocenters. The molecule has 1 saturated carbocycles. The second-order valence-corrected chi connectivity index (χ2v) is 5.22. The van der Waals surface area contributed by atoms with Crippen LogP contribution in [0, 0.1) is 12.8 Å². The number of nitrogens with zero attached hydrogens (tertiary/aromatic N) is 1. The third-order valence-corrected chi connectivity index (χ3v) is 4.23. The van der Waals surface area contributed by atoms with Crippen molar-refractivity contribution in [1.82, 2.24) is 4.98 Å². The average Bonchev–Trinajstić information content (AvgIpc) is 2.67. The van der Waals surface area contributed by atoms with Gasteiger partial charge in [-0.3, -0.25) is 0 Å². The van der Waals surface area contributed by atoms with Gasteiger partial charge in [-0.25, -0.2) is 4.98 Å². The number of aliphatic hydroxyl groups excluding tert-OH is 1. The van der Waals surface area contributed by atoms with Gasteiger partial charge in [0.1, 0.15) is 5.82 Å². The maximum atomic E-state index is 9.72. The zero-order valence-electron chi connectivity index (χ0n) is 9.41. The van der Waals surface area contributed by atoms with Crippen LogP contribution in [0.5, 0.6) is 0 Å². The van der Waals surface area contributed by atoms with Crippen LogP contribution >= 0.6 is 15.9 Å². The molecule has 0 radical (unpaired) electrons. The first-order chi connectivity index (χ1) is 7.68. The summed E-state index contributed by atoms with van der Waals surface area (Å²) >= 11 is 3.52. The van der Waals surface area contributed by atoms with Gasteiger partial charge in [-0.15, -0.1) is 0 Å². The third-order valence-electron chi connectivity index (χ3n) is 3.23. The molecular weight excluding hydrogens is 268 g/mol. The molecule has 1 aliphatic rings. The first-order valence-electron chi connectivity index (χ1n) is 5.71. The van der Waals surface area contributed by atoms with E-state index in [0.717, 1.165) is 36.1 Å². The quantitative estimate of drug-likeness (QED) is 0.897. The predicted octanol–water partition coefficient (Wildman–Crippen LogP) is 2.73. The maximum Gasteiger partial charge on any atom is 0.140 e. The van der Waals surface area contributed by atoms with Crippen LogP contribution in [0.3, 0.4) is 0 Å². The summed E-state index contributed by atoms with van der Waals surface area (Å²) in [5.74, 6) is 1.24. The smallest absolute Gasteiger partial charge is 0.140 e. The van der Waals surface area contributed by atoms with E-state index in [-0.39, 0.29) is 6.10 Å². The lowest BCUT2D eigenvalue weighted by Gasteiger charge is -2.16. The fraction of sp³-hybridized carbons (Fsp3) is 0.583. The van der Waals surface area contributed by atoms with E-state index >= 15 is 0 Å². The number of pyridine rings is 1. The van der Waals surface area contributed by atoms with E-state index in [9.17, 15) is 5.11 Å². The predicted molar refractivity (Wildman–Crippen MR) is 68.5 cm³/mol. The van der Waals surface area contributed by atoms with E-state index in [1.807, 2.05) is 13.0 Å². The molecule has 0 bridgehead atoms. The summed E-state index contributed by atoms with van der Waals surface area (Å²) in [7, 11) is 0. The number of rotatable bonds is 3. The summed E-state index contributed by atoms with van der Waals surface area (Å²) in [6.07, 6.45) is 4.84. The Balaban J connectivity index is 1.96. The van der Waals surface area contributed by atoms with Gasteiger partial charge in [0.05, 0.1) is 10.6 Å². The SMILES string of the molecule is Cc1ccnc(NCC2CCCC2O)c1Br. The van der Waals surface area contributed by atoms with Crippen LogP contribution in [0.2, 0.25) is 0 Å².